The van der Waals surface area contributed by atoms with E-state index in [0.29, 0.717) is 22.6 Å². The van der Waals surface area contributed by atoms with Crippen LogP contribution in [0.25, 0.3) is 6.08 Å². The third-order valence-electron chi connectivity index (χ3n) is 4.56. The molecular formula is C23H19N3O5. The number of anilines is 3. The molecule has 4 rings (SSSR count). The molecule has 1 heterocycles. The summed E-state index contributed by atoms with van der Waals surface area (Å²) >= 11 is 0. The molecule has 0 saturated heterocycles. The fourth-order valence-corrected chi connectivity index (χ4v) is 3.14. The highest BCUT2D eigenvalue weighted by Gasteiger charge is 2.19. The summed E-state index contributed by atoms with van der Waals surface area (Å²) in [5.41, 5.74) is 3.41. The van der Waals surface area contributed by atoms with Crippen LogP contribution in [0.4, 0.5) is 22.7 Å². The van der Waals surface area contributed by atoms with Gasteiger partial charge < -0.3 is 20.1 Å². The lowest BCUT2D eigenvalue weighted by Crippen LogP contribution is -2.13. The summed E-state index contributed by atoms with van der Waals surface area (Å²) in [5.74, 6) is 0.119. The SMILES string of the molecule is O=C(C=Cc1cc([N+](=O)[O-])cc2c1OCOC2)Nc1ccc(Nc2ccccc2)cc1. The number of para-hydroxylation sites is 1. The summed E-state index contributed by atoms with van der Waals surface area (Å²) < 4.78 is 10.7. The minimum atomic E-state index is -0.489. The lowest BCUT2D eigenvalue weighted by Gasteiger charge is -2.19. The maximum absolute atomic E-state index is 12.3. The first-order valence-corrected chi connectivity index (χ1v) is 9.51. The highest BCUT2D eigenvalue weighted by Crippen LogP contribution is 2.33. The molecule has 0 bridgehead atoms. The minimum Gasteiger partial charge on any atom is -0.467 e. The number of fused-ring (bicyclic) bond motifs is 1. The Morgan fingerprint density at radius 1 is 1.00 bits per heavy atom. The molecule has 156 valence electrons. The molecule has 1 aliphatic rings. The van der Waals surface area contributed by atoms with Crippen molar-refractivity contribution >= 4 is 34.7 Å². The lowest BCUT2D eigenvalue weighted by molar-refractivity contribution is -0.385. The number of hydrogen-bond acceptors (Lipinski definition) is 6. The van der Waals surface area contributed by atoms with Gasteiger partial charge in [0.2, 0.25) is 5.91 Å². The first kappa shape index (κ1) is 20.1. The topological polar surface area (TPSA) is 103 Å². The number of benzene rings is 3. The van der Waals surface area contributed by atoms with Crippen LogP contribution in [0, 0.1) is 10.1 Å². The van der Waals surface area contributed by atoms with Gasteiger partial charge in [0.05, 0.1) is 11.5 Å². The molecule has 0 aromatic heterocycles. The van der Waals surface area contributed by atoms with Gasteiger partial charge in [-0.25, -0.2) is 0 Å². The van der Waals surface area contributed by atoms with E-state index >= 15 is 0 Å². The van der Waals surface area contributed by atoms with Gasteiger partial charge in [-0.1, -0.05) is 18.2 Å². The number of ether oxygens (including phenoxy) is 2. The predicted octanol–water partition coefficient (Wildman–Crippen LogP) is 4.86. The molecule has 2 N–H and O–H groups in total. The number of nitro groups is 1. The summed E-state index contributed by atoms with van der Waals surface area (Å²) in [7, 11) is 0. The molecule has 0 unspecified atom stereocenters. The molecule has 3 aromatic carbocycles. The second-order valence-electron chi connectivity index (χ2n) is 6.78. The third kappa shape index (κ3) is 5.06. The lowest BCUT2D eigenvalue weighted by atomic mass is 10.1. The zero-order valence-corrected chi connectivity index (χ0v) is 16.4. The number of carbonyl (C=O) groups excluding carboxylic acids is 1. The monoisotopic (exact) mass is 417 g/mol. The zero-order chi connectivity index (χ0) is 21.6. The van der Waals surface area contributed by atoms with Gasteiger partial charge in [0.25, 0.3) is 5.69 Å². The molecule has 1 amide bonds. The van der Waals surface area contributed by atoms with Crippen LogP contribution in [-0.4, -0.2) is 17.6 Å². The van der Waals surface area contributed by atoms with E-state index in [9.17, 15) is 14.9 Å². The molecule has 31 heavy (non-hydrogen) atoms. The zero-order valence-electron chi connectivity index (χ0n) is 16.4. The number of amides is 1. The Kier molecular flexibility index (Phi) is 5.91. The maximum Gasteiger partial charge on any atom is 0.270 e. The van der Waals surface area contributed by atoms with Crippen molar-refractivity contribution in [2.75, 3.05) is 17.4 Å². The van der Waals surface area contributed by atoms with Crippen LogP contribution < -0.4 is 15.4 Å². The van der Waals surface area contributed by atoms with E-state index in [0.717, 1.165) is 11.4 Å². The van der Waals surface area contributed by atoms with Gasteiger partial charge in [-0.2, -0.15) is 0 Å². The Hall–Kier alpha value is -4.17. The molecule has 0 spiro atoms. The van der Waals surface area contributed by atoms with Crippen molar-refractivity contribution in [2.45, 2.75) is 6.61 Å². The first-order chi connectivity index (χ1) is 15.1. The standard InChI is InChI=1S/C23H19N3O5/c27-22(25-20-9-7-19(8-10-20)24-18-4-2-1-3-5-18)11-6-16-12-21(26(28)29)13-17-14-30-15-31-23(16)17/h1-13,24H,14-15H2,(H,25,27). The number of nitrogens with zero attached hydrogens (tertiary/aromatic N) is 1. The number of carbonyl (C=O) groups is 1. The van der Waals surface area contributed by atoms with Crippen LogP contribution in [0.2, 0.25) is 0 Å². The van der Waals surface area contributed by atoms with E-state index in [1.165, 1.54) is 24.3 Å². The molecule has 0 saturated carbocycles. The predicted molar refractivity (Wildman–Crippen MR) is 117 cm³/mol. The van der Waals surface area contributed by atoms with Crippen molar-refractivity contribution in [1.29, 1.82) is 0 Å². The Bertz CT molecular complexity index is 1130. The average molecular weight is 417 g/mol. The average Bonchev–Trinajstić information content (AvgIpc) is 2.79. The first-order valence-electron chi connectivity index (χ1n) is 9.51. The van der Waals surface area contributed by atoms with Gasteiger partial charge in [-0.05, 0) is 42.5 Å². The van der Waals surface area contributed by atoms with Crippen molar-refractivity contribution < 1.29 is 19.2 Å². The molecule has 8 nitrogen and oxygen atoms in total. The van der Waals surface area contributed by atoms with E-state index in [1.807, 2.05) is 42.5 Å². The fourth-order valence-electron chi connectivity index (χ4n) is 3.14. The van der Waals surface area contributed by atoms with Crippen molar-refractivity contribution in [3.8, 4) is 5.75 Å². The van der Waals surface area contributed by atoms with Crippen LogP contribution in [0.5, 0.6) is 5.75 Å². The van der Waals surface area contributed by atoms with Crippen LogP contribution in [0.15, 0.2) is 72.8 Å². The summed E-state index contributed by atoms with van der Waals surface area (Å²) in [6.45, 7) is 0.272. The van der Waals surface area contributed by atoms with E-state index in [1.54, 1.807) is 12.1 Å². The second-order valence-corrected chi connectivity index (χ2v) is 6.78. The molecule has 0 atom stereocenters. The van der Waals surface area contributed by atoms with E-state index in [-0.39, 0.29) is 25.0 Å². The molecule has 8 heteroatoms. The third-order valence-corrected chi connectivity index (χ3v) is 4.56. The molecule has 3 aromatic rings. The summed E-state index contributed by atoms with van der Waals surface area (Å²) in [6, 6.07) is 19.8. The molecule has 0 fully saturated rings. The Balaban J connectivity index is 1.44. The molecule has 0 radical (unpaired) electrons. The molecule has 0 aliphatic carbocycles. The number of hydrogen-bond donors (Lipinski definition) is 2. The Labute approximate surface area is 178 Å². The highest BCUT2D eigenvalue weighted by molar-refractivity contribution is 6.02. The molecular weight excluding hydrogens is 398 g/mol. The van der Waals surface area contributed by atoms with Gasteiger partial charge in [-0.3, -0.25) is 14.9 Å². The fraction of sp³-hybridized carbons (Fsp3) is 0.0870. The van der Waals surface area contributed by atoms with Gasteiger partial charge in [0, 0.05) is 46.4 Å². The van der Waals surface area contributed by atoms with E-state index in [2.05, 4.69) is 10.6 Å². The number of nitro benzene ring substituents is 1. The van der Waals surface area contributed by atoms with Crippen molar-refractivity contribution in [1.82, 2.24) is 0 Å². The van der Waals surface area contributed by atoms with Gasteiger partial charge in [0.15, 0.2) is 6.79 Å². The summed E-state index contributed by atoms with van der Waals surface area (Å²) in [5, 5.41) is 17.2. The number of non-ortho nitro benzene ring substituents is 1. The number of nitrogens with one attached hydrogen (secondary N) is 2. The molecule has 1 aliphatic heterocycles. The Morgan fingerprint density at radius 2 is 1.71 bits per heavy atom. The van der Waals surface area contributed by atoms with Gasteiger partial charge in [-0.15, -0.1) is 0 Å². The largest absolute Gasteiger partial charge is 0.467 e. The minimum absolute atomic E-state index is 0.0568. The second kappa shape index (κ2) is 9.10. The Morgan fingerprint density at radius 3 is 2.45 bits per heavy atom. The van der Waals surface area contributed by atoms with Gasteiger partial charge in [0.1, 0.15) is 5.75 Å². The van der Waals surface area contributed by atoms with E-state index in [4.69, 9.17) is 9.47 Å². The van der Waals surface area contributed by atoms with Crippen LogP contribution in [0.1, 0.15) is 11.1 Å². The van der Waals surface area contributed by atoms with Gasteiger partial charge >= 0.3 is 0 Å². The summed E-state index contributed by atoms with van der Waals surface area (Å²) in [6.07, 6.45) is 2.81. The van der Waals surface area contributed by atoms with E-state index < -0.39 is 4.92 Å². The van der Waals surface area contributed by atoms with Crippen LogP contribution >= 0.6 is 0 Å². The number of rotatable bonds is 6. The van der Waals surface area contributed by atoms with Crippen LogP contribution in [-0.2, 0) is 16.1 Å². The highest BCUT2D eigenvalue weighted by atomic mass is 16.7. The quantitative estimate of drug-likeness (QED) is 0.337. The summed E-state index contributed by atoms with van der Waals surface area (Å²) in [4.78, 5) is 23.0. The van der Waals surface area contributed by atoms with Crippen molar-refractivity contribution in [3.63, 3.8) is 0 Å². The van der Waals surface area contributed by atoms with Crippen LogP contribution in [0.3, 0.4) is 0 Å². The van der Waals surface area contributed by atoms with Crippen molar-refractivity contribution in [3.05, 3.63) is 94.0 Å². The smallest absolute Gasteiger partial charge is 0.270 e. The normalized spacial score (nSPS) is 12.6. The maximum atomic E-state index is 12.3. The van der Waals surface area contributed by atoms with Crippen molar-refractivity contribution in [2.24, 2.45) is 0 Å².